The van der Waals surface area contributed by atoms with E-state index in [-0.39, 0.29) is 11.7 Å². The van der Waals surface area contributed by atoms with Gasteiger partial charge in [0.25, 0.3) is 0 Å². The summed E-state index contributed by atoms with van der Waals surface area (Å²) in [6.45, 7) is 2.91. The average molecular weight is 185 g/mol. The monoisotopic (exact) mass is 185 g/mol. The van der Waals surface area contributed by atoms with Gasteiger partial charge in [-0.15, -0.1) is 0 Å². The number of piperidine rings is 1. The van der Waals surface area contributed by atoms with Crippen LogP contribution in [0.25, 0.3) is 0 Å². The molecule has 0 bridgehead atoms. The van der Waals surface area contributed by atoms with E-state index in [0.29, 0.717) is 13.2 Å². The van der Waals surface area contributed by atoms with Gasteiger partial charge < -0.3 is 20.1 Å². The SMILES string of the molecule is N=C(N)N1CCC2(CC1)OCCO2. The van der Waals surface area contributed by atoms with Crippen LogP contribution >= 0.6 is 0 Å². The van der Waals surface area contributed by atoms with Crippen LogP contribution in [0.2, 0.25) is 0 Å². The Balaban J connectivity index is 1.91. The van der Waals surface area contributed by atoms with Gasteiger partial charge in [0.05, 0.1) is 13.2 Å². The zero-order chi connectivity index (χ0) is 9.31. The van der Waals surface area contributed by atoms with Gasteiger partial charge in [0.15, 0.2) is 11.7 Å². The van der Waals surface area contributed by atoms with Crippen molar-refractivity contribution in [3.8, 4) is 0 Å². The lowest BCUT2D eigenvalue weighted by Gasteiger charge is -2.37. The number of likely N-dealkylation sites (tertiary alicyclic amines) is 1. The first kappa shape index (κ1) is 8.77. The lowest BCUT2D eigenvalue weighted by molar-refractivity contribution is -0.180. The molecule has 2 saturated heterocycles. The van der Waals surface area contributed by atoms with E-state index in [1.807, 2.05) is 4.90 Å². The molecule has 2 rings (SSSR count). The average Bonchev–Trinajstić information content (AvgIpc) is 2.54. The number of guanidine groups is 1. The van der Waals surface area contributed by atoms with Crippen molar-refractivity contribution in [1.82, 2.24) is 4.90 Å². The summed E-state index contributed by atoms with van der Waals surface area (Å²) in [5.41, 5.74) is 5.38. The van der Waals surface area contributed by atoms with Crippen molar-refractivity contribution in [2.24, 2.45) is 5.73 Å². The van der Waals surface area contributed by atoms with E-state index < -0.39 is 0 Å². The number of hydrogen-bond donors (Lipinski definition) is 2. The molecule has 0 aromatic rings. The predicted molar refractivity (Wildman–Crippen MR) is 47.4 cm³/mol. The van der Waals surface area contributed by atoms with Crippen LogP contribution in [0, 0.1) is 5.41 Å². The maximum atomic E-state index is 7.27. The van der Waals surface area contributed by atoms with Crippen LogP contribution < -0.4 is 5.73 Å². The lowest BCUT2D eigenvalue weighted by atomic mass is 10.0. The highest BCUT2D eigenvalue weighted by Crippen LogP contribution is 2.30. The molecule has 0 saturated carbocycles. The van der Waals surface area contributed by atoms with Crippen LogP contribution in [0.4, 0.5) is 0 Å². The minimum Gasteiger partial charge on any atom is -0.370 e. The second-order valence-corrected chi connectivity index (χ2v) is 3.48. The first-order valence-electron chi connectivity index (χ1n) is 4.59. The van der Waals surface area contributed by atoms with Crippen LogP contribution in [-0.2, 0) is 9.47 Å². The Kier molecular flexibility index (Phi) is 2.13. The second-order valence-electron chi connectivity index (χ2n) is 3.48. The first-order chi connectivity index (χ1) is 6.22. The fourth-order valence-electron chi connectivity index (χ4n) is 1.87. The number of nitrogens with zero attached hydrogens (tertiary/aromatic N) is 1. The molecule has 0 aromatic heterocycles. The molecular weight excluding hydrogens is 170 g/mol. The van der Waals surface area contributed by atoms with Crippen molar-refractivity contribution < 1.29 is 9.47 Å². The standard InChI is InChI=1S/C8H15N3O2/c9-7(10)11-3-1-8(2-4-11)12-5-6-13-8/h1-6H2,(H3,9,10). The third kappa shape index (κ3) is 1.62. The highest BCUT2D eigenvalue weighted by molar-refractivity contribution is 5.74. The second kappa shape index (κ2) is 3.16. The van der Waals surface area contributed by atoms with Crippen LogP contribution in [0.3, 0.4) is 0 Å². The molecule has 0 amide bonds. The van der Waals surface area contributed by atoms with Gasteiger partial charge in [-0.25, -0.2) is 0 Å². The number of ether oxygens (including phenoxy) is 2. The summed E-state index contributed by atoms with van der Waals surface area (Å²) in [5, 5.41) is 7.27. The van der Waals surface area contributed by atoms with Gasteiger partial charge >= 0.3 is 0 Å². The van der Waals surface area contributed by atoms with E-state index in [0.717, 1.165) is 25.9 Å². The van der Waals surface area contributed by atoms with Crippen LogP contribution in [0.1, 0.15) is 12.8 Å². The molecule has 13 heavy (non-hydrogen) atoms. The Morgan fingerprint density at radius 1 is 1.23 bits per heavy atom. The molecule has 0 unspecified atom stereocenters. The molecule has 1 spiro atoms. The van der Waals surface area contributed by atoms with Crippen molar-refractivity contribution in [2.45, 2.75) is 18.6 Å². The van der Waals surface area contributed by atoms with Gasteiger partial charge in [-0.3, -0.25) is 5.41 Å². The topological polar surface area (TPSA) is 71.6 Å². The van der Waals surface area contributed by atoms with Crippen LogP contribution in [0.15, 0.2) is 0 Å². The molecule has 0 aliphatic carbocycles. The van der Waals surface area contributed by atoms with Gasteiger partial charge in [0.1, 0.15) is 0 Å². The van der Waals surface area contributed by atoms with E-state index in [1.54, 1.807) is 0 Å². The Labute approximate surface area is 77.3 Å². The zero-order valence-electron chi connectivity index (χ0n) is 7.58. The number of nitrogens with two attached hydrogens (primary N) is 1. The number of nitrogens with one attached hydrogen (secondary N) is 1. The summed E-state index contributed by atoms with van der Waals surface area (Å²) >= 11 is 0. The lowest BCUT2D eigenvalue weighted by Crippen LogP contribution is -2.49. The molecular formula is C8H15N3O2. The summed E-state index contributed by atoms with van der Waals surface area (Å²) < 4.78 is 11.1. The maximum absolute atomic E-state index is 7.27. The summed E-state index contributed by atoms with van der Waals surface area (Å²) in [4.78, 5) is 1.84. The number of rotatable bonds is 0. The van der Waals surface area contributed by atoms with Crippen molar-refractivity contribution in [3.63, 3.8) is 0 Å². The molecule has 2 heterocycles. The largest absolute Gasteiger partial charge is 0.370 e. The number of hydrogen-bond acceptors (Lipinski definition) is 3. The highest BCUT2D eigenvalue weighted by Gasteiger charge is 2.39. The molecule has 5 heteroatoms. The van der Waals surface area contributed by atoms with Crippen molar-refractivity contribution >= 4 is 5.96 Å². The van der Waals surface area contributed by atoms with Gasteiger partial charge in [0.2, 0.25) is 0 Å². The van der Waals surface area contributed by atoms with Crippen molar-refractivity contribution in [2.75, 3.05) is 26.3 Å². The third-order valence-electron chi connectivity index (χ3n) is 2.68. The minimum absolute atomic E-state index is 0.146. The first-order valence-corrected chi connectivity index (χ1v) is 4.59. The Morgan fingerprint density at radius 3 is 2.23 bits per heavy atom. The zero-order valence-corrected chi connectivity index (χ0v) is 7.58. The summed E-state index contributed by atoms with van der Waals surface area (Å²) in [6.07, 6.45) is 1.62. The van der Waals surface area contributed by atoms with Gasteiger partial charge in [-0.2, -0.15) is 0 Å². The van der Waals surface area contributed by atoms with Crippen molar-refractivity contribution in [1.29, 1.82) is 5.41 Å². The predicted octanol–water partition coefficient (Wildman–Crippen LogP) is -0.281. The Bertz CT molecular complexity index is 203. The van der Waals surface area contributed by atoms with Gasteiger partial charge in [0, 0.05) is 25.9 Å². The molecule has 74 valence electrons. The van der Waals surface area contributed by atoms with E-state index in [4.69, 9.17) is 20.6 Å². The molecule has 2 fully saturated rings. The Morgan fingerprint density at radius 2 is 1.77 bits per heavy atom. The smallest absolute Gasteiger partial charge is 0.188 e. The van der Waals surface area contributed by atoms with Crippen LogP contribution in [-0.4, -0.2) is 42.9 Å². The molecule has 2 aliphatic heterocycles. The van der Waals surface area contributed by atoms with Gasteiger partial charge in [-0.05, 0) is 0 Å². The van der Waals surface area contributed by atoms with E-state index in [2.05, 4.69) is 0 Å². The van der Waals surface area contributed by atoms with Gasteiger partial charge in [-0.1, -0.05) is 0 Å². The summed E-state index contributed by atoms with van der Waals surface area (Å²) in [7, 11) is 0. The maximum Gasteiger partial charge on any atom is 0.188 e. The Hall–Kier alpha value is -0.810. The van der Waals surface area contributed by atoms with E-state index in [9.17, 15) is 0 Å². The molecule has 0 radical (unpaired) electrons. The fraction of sp³-hybridized carbons (Fsp3) is 0.875. The van der Waals surface area contributed by atoms with E-state index >= 15 is 0 Å². The summed E-state index contributed by atoms with van der Waals surface area (Å²) in [6, 6.07) is 0. The molecule has 0 aromatic carbocycles. The quantitative estimate of drug-likeness (QED) is 0.402. The minimum atomic E-state index is -0.355. The molecule has 0 atom stereocenters. The van der Waals surface area contributed by atoms with Crippen LogP contribution in [0.5, 0.6) is 0 Å². The van der Waals surface area contributed by atoms with E-state index in [1.165, 1.54) is 0 Å². The fourth-order valence-corrected chi connectivity index (χ4v) is 1.87. The van der Waals surface area contributed by atoms with Crippen molar-refractivity contribution in [3.05, 3.63) is 0 Å². The molecule has 3 N–H and O–H groups in total. The normalized spacial score (nSPS) is 26.6. The molecule has 2 aliphatic rings. The highest BCUT2D eigenvalue weighted by atomic mass is 16.7. The summed E-state index contributed by atoms with van der Waals surface area (Å²) in [5.74, 6) is -0.209. The third-order valence-corrected chi connectivity index (χ3v) is 2.68. The molecule has 5 nitrogen and oxygen atoms in total.